The van der Waals surface area contributed by atoms with E-state index in [1.165, 1.54) is 34.9 Å². The number of para-hydroxylation sites is 1. The van der Waals surface area contributed by atoms with Gasteiger partial charge in [-0.2, -0.15) is 11.8 Å². The van der Waals surface area contributed by atoms with Gasteiger partial charge in [0, 0.05) is 28.1 Å². The molecule has 1 nitrogen and oxygen atoms in total. The van der Waals surface area contributed by atoms with Crippen molar-refractivity contribution in [2.75, 3.05) is 22.6 Å². The Balaban J connectivity index is 2.00. The standard InChI is InChI=1S/C14H19NS2/c1-2-9-17-14-8-4-3-7-13(14)15-12-6-5-10-16-11-12/h2-4,7-8,12,15H,1,5-6,9-11H2. The number of thioether (sulfide) groups is 2. The Kier molecular flexibility index (Phi) is 5.33. The van der Waals surface area contributed by atoms with E-state index in [-0.39, 0.29) is 0 Å². The van der Waals surface area contributed by atoms with Crippen LogP contribution in [0, 0.1) is 0 Å². The lowest BCUT2D eigenvalue weighted by Crippen LogP contribution is -2.25. The van der Waals surface area contributed by atoms with E-state index in [0.717, 1.165) is 5.75 Å². The van der Waals surface area contributed by atoms with E-state index >= 15 is 0 Å². The van der Waals surface area contributed by atoms with Gasteiger partial charge in [-0.1, -0.05) is 18.2 Å². The summed E-state index contributed by atoms with van der Waals surface area (Å²) in [5, 5.41) is 3.68. The topological polar surface area (TPSA) is 12.0 Å². The molecule has 2 rings (SSSR count). The number of nitrogens with one attached hydrogen (secondary N) is 1. The molecule has 0 saturated carbocycles. The summed E-state index contributed by atoms with van der Waals surface area (Å²) in [5.41, 5.74) is 1.28. The van der Waals surface area contributed by atoms with Crippen LogP contribution in [0.1, 0.15) is 12.8 Å². The maximum absolute atomic E-state index is 3.78. The highest BCUT2D eigenvalue weighted by molar-refractivity contribution is 7.99. The van der Waals surface area contributed by atoms with Gasteiger partial charge in [0.1, 0.15) is 0 Å². The van der Waals surface area contributed by atoms with Gasteiger partial charge >= 0.3 is 0 Å². The van der Waals surface area contributed by atoms with Gasteiger partial charge in [-0.3, -0.25) is 0 Å². The van der Waals surface area contributed by atoms with Gasteiger partial charge in [-0.05, 0) is 30.7 Å². The van der Waals surface area contributed by atoms with Crippen molar-refractivity contribution in [2.24, 2.45) is 0 Å². The molecule has 1 aliphatic heterocycles. The van der Waals surface area contributed by atoms with Crippen molar-refractivity contribution in [2.45, 2.75) is 23.8 Å². The molecule has 1 heterocycles. The second kappa shape index (κ2) is 7.02. The minimum absolute atomic E-state index is 0.638. The lowest BCUT2D eigenvalue weighted by molar-refractivity contribution is 0.683. The first-order chi connectivity index (χ1) is 8.40. The Morgan fingerprint density at radius 2 is 2.35 bits per heavy atom. The third kappa shape index (κ3) is 4.00. The molecule has 1 aromatic carbocycles. The number of rotatable bonds is 5. The van der Waals surface area contributed by atoms with Crippen molar-refractivity contribution < 1.29 is 0 Å². The average molecular weight is 265 g/mol. The van der Waals surface area contributed by atoms with Crippen LogP contribution < -0.4 is 5.32 Å². The van der Waals surface area contributed by atoms with Crippen LogP contribution in [0.15, 0.2) is 41.8 Å². The van der Waals surface area contributed by atoms with Gasteiger partial charge in [0.2, 0.25) is 0 Å². The Labute approximate surface area is 112 Å². The van der Waals surface area contributed by atoms with Crippen molar-refractivity contribution >= 4 is 29.2 Å². The van der Waals surface area contributed by atoms with Crippen molar-refractivity contribution in [1.82, 2.24) is 0 Å². The summed E-state index contributed by atoms with van der Waals surface area (Å²) in [4.78, 5) is 1.34. The van der Waals surface area contributed by atoms with E-state index in [1.807, 2.05) is 17.8 Å². The van der Waals surface area contributed by atoms with Gasteiger partial charge in [0.05, 0.1) is 0 Å². The fourth-order valence-corrected chi connectivity index (χ4v) is 3.76. The number of anilines is 1. The number of benzene rings is 1. The summed E-state index contributed by atoms with van der Waals surface area (Å²) >= 11 is 3.91. The predicted molar refractivity (Wildman–Crippen MR) is 81.3 cm³/mol. The highest BCUT2D eigenvalue weighted by Gasteiger charge is 2.14. The van der Waals surface area contributed by atoms with Crippen molar-refractivity contribution in [3.05, 3.63) is 36.9 Å². The zero-order valence-corrected chi connectivity index (χ0v) is 11.7. The smallest absolute Gasteiger partial charge is 0.0480 e. The molecule has 0 radical (unpaired) electrons. The third-order valence-electron chi connectivity index (χ3n) is 2.76. The third-order valence-corrected chi connectivity index (χ3v) is 5.05. The molecular weight excluding hydrogens is 246 g/mol. The zero-order valence-electron chi connectivity index (χ0n) is 10.0. The van der Waals surface area contributed by atoms with Crippen LogP contribution >= 0.6 is 23.5 Å². The molecule has 1 aromatic rings. The van der Waals surface area contributed by atoms with Crippen LogP contribution in [0.25, 0.3) is 0 Å². The molecular formula is C14H19NS2. The van der Waals surface area contributed by atoms with E-state index in [1.54, 1.807) is 0 Å². The first-order valence-electron chi connectivity index (χ1n) is 6.07. The van der Waals surface area contributed by atoms with Crippen molar-refractivity contribution in [3.63, 3.8) is 0 Å². The molecule has 0 spiro atoms. The van der Waals surface area contributed by atoms with Crippen LogP contribution in [-0.2, 0) is 0 Å². The molecule has 0 aromatic heterocycles. The van der Waals surface area contributed by atoms with Crippen LogP contribution in [-0.4, -0.2) is 23.3 Å². The summed E-state index contributed by atoms with van der Waals surface area (Å²) in [5.74, 6) is 3.53. The monoisotopic (exact) mass is 265 g/mol. The minimum atomic E-state index is 0.638. The van der Waals surface area contributed by atoms with Crippen molar-refractivity contribution in [3.8, 4) is 0 Å². The molecule has 0 amide bonds. The molecule has 1 N–H and O–H groups in total. The second-order valence-electron chi connectivity index (χ2n) is 4.15. The zero-order chi connectivity index (χ0) is 11.9. The van der Waals surface area contributed by atoms with Crippen LogP contribution in [0.4, 0.5) is 5.69 Å². The van der Waals surface area contributed by atoms with E-state index in [4.69, 9.17) is 0 Å². The van der Waals surface area contributed by atoms with Crippen LogP contribution in [0.2, 0.25) is 0 Å². The Morgan fingerprint density at radius 1 is 1.47 bits per heavy atom. The largest absolute Gasteiger partial charge is 0.381 e. The average Bonchev–Trinajstić information content (AvgIpc) is 2.39. The molecule has 17 heavy (non-hydrogen) atoms. The lowest BCUT2D eigenvalue weighted by atomic mass is 10.1. The fourth-order valence-electron chi connectivity index (χ4n) is 1.93. The SMILES string of the molecule is C=CCSc1ccccc1NC1CCCSC1. The number of hydrogen-bond acceptors (Lipinski definition) is 3. The van der Waals surface area contributed by atoms with E-state index < -0.39 is 0 Å². The highest BCUT2D eigenvalue weighted by atomic mass is 32.2. The molecule has 0 aliphatic carbocycles. The Morgan fingerprint density at radius 3 is 3.12 bits per heavy atom. The summed E-state index contributed by atoms with van der Waals surface area (Å²) in [6, 6.07) is 9.22. The molecule has 92 valence electrons. The quantitative estimate of drug-likeness (QED) is 0.630. The molecule has 1 fully saturated rings. The maximum Gasteiger partial charge on any atom is 0.0480 e. The molecule has 1 saturated heterocycles. The second-order valence-corrected chi connectivity index (χ2v) is 6.37. The maximum atomic E-state index is 3.78. The van der Waals surface area contributed by atoms with Crippen LogP contribution in [0.3, 0.4) is 0 Å². The molecule has 1 atom stereocenters. The highest BCUT2D eigenvalue weighted by Crippen LogP contribution is 2.29. The summed E-state index contributed by atoms with van der Waals surface area (Å²) in [6.45, 7) is 3.78. The first kappa shape index (κ1) is 12.9. The number of hydrogen-bond donors (Lipinski definition) is 1. The summed E-state index contributed by atoms with van der Waals surface area (Å²) < 4.78 is 0. The van der Waals surface area contributed by atoms with Gasteiger partial charge in [-0.25, -0.2) is 0 Å². The van der Waals surface area contributed by atoms with Gasteiger partial charge in [-0.15, -0.1) is 18.3 Å². The lowest BCUT2D eigenvalue weighted by Gasteiger charge is -2.24. The molecule has 1 unspecified atom stereocenters. The summed E-state index contributed by atoms with van der Waals surface area (Å²) in [7, 11) is 0. The normalized spacial score (nSPS) is 19.9. The van der Waals surface area contributed by atoms with Gasteiger partial charge < -0.3 is 5.32 Å². The van der Waals surface area contributed by atoms with Gasteiger partial charge in [0.25, 0.3) is 0 Å². The van der Waals surface area contributed by atoms with E-state index in [2.05, 4.69) is 47.9 Å². The molecule has 3 heteroatoms. The van der Waals surface area contributed by atoms with Gasteiger partial charge in [0.15, 0.2) is 0 Å². The first-order valence-corrected chi connectivity index (χ1v) is 8.21. The van der Waals surface area contributed by atoms with Crippen LogP contribution in [0.5, 0.6) is 0 Å². The molecule has 1 aliphatic rings. The minimum Gasteiger partial charge on any atom is -0.381 e. The molecule has 0 bridgehead atoms. The Bertz CT molecular complexity index is 359. The van der Waals surface area contributed by atoms with E-state index in [9.17, 15) is 0 Å². The summed E-state index contributed by atoms with van der Waals surface area (Å²) in [6.07, 6.45) is 4.59. The van der Waals surface area contributed by atoms with E-state index in [0.29, 0.717) is 6.04 Å². The fraction of sp³-hybridized carbons (Fsp3) is 0.429. The van der Waals surface area contributed by atoms with Crippen molar-refractivity contribution in [1.29, 1.82) is 0 Å². The predicted octanol–water partition coefficient (Wildman–Crippen LogP) is 4.27. The Hall–Kier alpha value is -0.540.